The van der Waals surface area contributed by atoms with Crippen molar-refractivity contribution in [3.8, 4) is 22.6 Å². The highest BCUT2D eigenvalue weighted by Gasteiger charge is 2.46. The Bertz CT molecular complexity index is 1830. The van der Waals surface area contributed by atoms with Gasteiger partial charge in [0, 0.05) is 49.8 Å². The van der Waals surface area contributed by atoms with Gasteiger partial charge in [-0.15, -0.1) is 5.10 Å². The molecule has 0 radical (unpaired) electrons. The summed E-state index contributed by atoms with van der Waals surface area (Å²) in [4.78, 5) is 15.5. The Labute approximate surface area is 263 Å². The average Bonchev–Trinajstić information content (AvgIpc) is 3.58. The van der Waals surface area contributed by atoms with Crippen molar-refractivity contribution in [3.05, 3.63) is 113 Å². The molecule has 0 bridgehead atoms. The molecule has 0 unspecified atom stereocenters. The highest BCUT2D eigenvalue weighted by molar-refractivity contribution is 5.91. The van der Waals surface area contributed by atoms with Crippen LogP contribution in [0.25, 0.3) is 16.8 Å². The Hall–Kier alpha value is -4.76. The van der Waals surface area contributed by atoms with Crippen LogP contribution in [0.5, 0.6) is 5.75 Å². The zero-order valence-corrected chi connectivity index (χ0v) is 26.0. The van der Waals surface area contributed by atoms with E-state index in [2.05, 4.69) is 82.8 Å². The molecule has 1 fully saturated rings. The van der Waals surface area contributed by atoms with Crippen molar-refractivity contribution < 1.29 is 14.3 Å². The van der Waals surface area contributed by atoms with E-state index in [1.165, 1.54) is 11.1 Å². The van der Waals surface area contributed by atoms with Gasteiger partial charge in [-0.05, 0) is 60.7 Å². The molecule has 5 aromatic rings. The molecule has 2 aromatic heterocycles. The lowest BCUT2D eigenvalue weighted by molar-refractivity contribution is 0.0525. The zero-order valence-electron chi connectivity index (χ0n) is 26.0. The second-order valence-electron chi connectivity index (χ2n) is 11.9. The van der Waals surface area contributed by atoms with E-state index in [-0.39, 0.29) is 17.8 Å². The SMILES string of the molecule is CCOC(=O)c1cnn(-c2cccc(-c3cccc(CN4CCOc5ccccc5[C@H]4CC)c3)c2)c1[C@@H]1C[C@H]1c1cn(C)nn1. The van der Waals surface area contributed by atoms with Gasteiger partial charge < -0.3 is 9.47 Å². The van der Waals surface area contributed by atoms with Crippen molar-refractivity contribution in [1.29, 1.82) is 0 Å². The average molecular weight is 603 g/mol. The lowest BCUT2D eigenvalue weighted by Crippen LogP contribution is -2.29. The number of benzene rings is 3. The van der Waals surface area contributed by atoms with Gasteiger partial charge in [0.25, 0.3) is 0 Å². The third-order valence-corrected chi connectivity index (χ3v) is 8.92. The zero-order chi connectivity index (χ0) is 30.9. The summed E-state index contributed by atoms with van der Waals surface area (Å²) in [6.07, 6.45) is 5.48. The Morgan fingerprint density at radius 1 is 1.00 bits per heavy atom. The Balaban J connectivity index is 1.18. The van der Waals surface area contributed by atoms with E-state index in [4.69, 9.17) is 14.6 Å². The number of nitrogens with zero attached hydrogens (tertiary/aromatic N) is 6. The van der Waals surface area contributed by atoms with Gasteiger partial charge in [-0.2, -0.15) is 5.10 Å². The first kappa shape index (κ1) is 29.0. The molecule has 1 saturated carbocycles. The summed E-state index contributed by atoms with van der Waals surface area (Å²) in [5.41, 5.74) is 7.95. The van der Waals surface area contributed by atoms with Crippen molar-refractivity contribution in [1.82, 2.24) is 29.7 Å². The molecule has 0 spiro atoms. The largest absolute Gasteiger partial charge is 0.492 e. The summed E-state index contributed by atoms with van der Waals surface area (Å²) in [7, 11) is 1.87. The number of fused-ring (bicyclic) bond motifs is 1. The van der Waals surface area contributed by atoms with Crippen molar-refractivity contribution in [2.24, 2.45) is 7.05 Å². The van der Waals surface area contributed by atoms with Gasteiger partial charge in [0.15, 0.2) is 0 Å². The Morgan fingerprint density at radius 2 is 1.82 bits per heavy atom. The van der Waals surface area contributed by atoms with Crippen LogP contribution >= 0.6 is 0 Å². The predicted octanol–water partition coefficient (Wildman–Crippen LogP) is 6.46. The van der Waals surface area contributed by atoms with E-state index in [9.17, 15) is 4.79 Å². The molecule has 3 atom stereocenters. The summed E-state index contributed by atoms with van der Waals surface area (Å²) in [5.74, 6) is 0.936. The van der Waals surface area contributed by atoms with E-state index >= 15 is 0 Å². The first-order chi connectivity index (χ1) is 22.0. The minimum atomic E-state index is -0.348. The number of hydrogen-bond donors (Lipinski definition) is 0. The number of aromatic nitrogens is 5. The highest BCUT2D eigenvalue weighted by Crippen LogP contribution is 2.55. The number of aryl methyl sites for hydroxylation is 1. The summed E-state index contributed by atoms with van der Waals surface area (Å²) in [5, 5.41) is 13.2. The smallest absolute Gasteiger partial charge is 0.341 e. The van der Waals surface area contributed by atoms with Gasteiger partial charge in [-0.3, -0.25) is 9.58 Å². The van der Waals surface area contributed by atoms with E-state index in [1.54, 1.807) is 10.9 Å². The maximum Gasteiger partial charge on any atom is 0.341 e. The third kappa shape index (κ3) is 5.76. The molecule has 3 heterocycles. The van der Waals surface area contributed by atoms with Gasteiger partial charge in [0.1, 0.15) is 17.9 Å². The summed E-state index contributed by atoms with van der Waals surface area (Å²) < 4.78 is 15.1. The van der Waals surface area contributed by atoms with Crippen LogP contribution in [0.15, 0.2) is 85.2 Å². The molecular weight excluding hydrogens is 564 g/mol. The number of rotatable bonds is 9. The summed E-state index contributed by atoms with van der Waals surface area (Å²) in [6.45, 7) is 6.75. The molecule has 1 aliphatic carbocycles. The van der Waals surface area contributed by atoms with Crippen LogP contribution in [0.2, 0.25) is 0 Å². The Kier molecular flexibility index (Phi) is 7.94. The third-order valence-electron chi connectivity index (χ3n) is 8.92. The maximum absolute atomic E-state index is 13.0. The molecule has 0 saturated heterocycles. The van der Waals surface area contributed by atoms with Crippen LogP contribution < -0.4 is 4.74 Å². The molecule has 230 valence electrons. The minimum Gasteiger partial charge on any atom is -0.492 e. The quantitative estimate of drug-likeness (QED) is 0.179. The van der Waals surface area contributed by atoms with Crippen LogP contribution in [0.3, 0.4) is 0 Å². The number of hydrogen-bond acceptors (Lipinski definition) is 7. The van der Waals surface area contributed by atoms with Gasteiger partial charge in [0.2, 0.25) is 0 Å². The number of para-hydroxylation sites is 1. The van der Waals surface area contributed by atoms with Gasteiger partial charge >= 0.3 is 5.97 Å². The van der Waals surface area contributed by atoms with Crippen LogP contribution in [0.1, 0.15) is 77.4 Å². The van der Waals surface area contributed by atoms with Crippen molar-refractivity contribution in [2.75, 3.05) is 19.8 Å². The van der Waals surface area contributed by atoms with Gasteiger partial charge in [-0.25, -0.2) is 9.48 Å². The molecule has 45 heavy (non-hydrogen) atoms. The fraction of sp³-hybridized carbons (Fsp3) is 0.333. The second-order valence-corrected chi connectivity index (χ2v) is 11.9. The number of carbonyl (C=O) groups is 1. The first-order valence-corrected chi connectivity index (χ1v) is 15.8. The van der Waals surface area contributed by atoms with Crippen molar-refractivity contribution >= 4 is 5.97 Å². The molecule has 2 aliphatic rings. The van der Waals surface area contributed by atoms with E-state index < -0.39 is 0 Å². The van der Waals surface area contributed by atoms with Crippen molar-refractivity contribution in [3.63, 3.8) is 0 Å². The standard InChI is InChI=1S/C36H38N6O3/c1-4-33-28-14-6-7-15-34(28)45-17-16-41(33)22-24-10-8-11-25(18-24)26-12-9-13-27(19-26)42-35(31(21-37-42)36(43)44-5-2)30-20-29(30)32-23-40(3)39-38-32/h6-15,18-19,21,23,29-30,33H,4-5,16-17,20,22H2,1-3H3/t29-,30-,33-/m1/s1. The lowest BCUT2D eigenvalue weighted by Gasteiger charge is -2.29. The molecule has 1 aliphatic heterocycles. The van der Waals surface area contributed by atoms with Crippen LogP contribution in [-0.4, -0.2) is 55.4 Å². The molecule has 7 rings (SSSR count). The molecule has 9 heteroatoms. The number of carbonyl (C=O) groups excluding carboxylic acids is 1. The second kappa shape index (κ2) is 12.3. The topological polar surface area (TPSA) is 87.3 Å². The lowest BCUT2D eigenvalue weighted by atomic mass is 9.99. The monoisotopic (exact) mass is 602 g/mol. The summed E-state index contributed by atoms with van der Waals surface area (Å²) in [6, 6.07) is 25.9. The van der Waals surface area contributed by atoms with Crippen molar-refractivity contribution in [2.45, 2.75) is 51.1 Å². The first-order valence-electron chi connectivity index (χ1n) is 15.8. The molecule has 0 N–H and O–H groups in total. The summed E-state index contributed by atoms with van der Waals surface area (Å²) >= 11 is 0. The Morgan fingerprint density at radius 3 is 2.62 bits per heavy atom. The predicted molar refractivity (Wildman–Crippen MR) is 171 cm³/mol. The van der Waals surface area contributed by atoms with E-state index in [0.29, 0.717) is 24.8 Å². The van der Waals surface area contributed by atoms with E-state index in [1.807, 2.05) is 37.0 Å². The molecular formula is C36H38N6O3. The number of ether oxygens (including phenoxy) is 2. The maximum atomic E-state index is 13.0. The van der Waals surface area contributed by atoms with Crippen LogP contribution in [-0.2, 0) is 18.3 Å². The van der Waals surface area contributed by atoms with Gasteiger partial charge in [-0.1, -0.05) is 60.7 Å². The molecule has 3 aromatic carbocycles. The van der Waals surface area contributed by atoms with Crippen LogP contribution in [0.4, 0.5) is 0 Å². The molecule has 0 amide bonds. The van der Waals surface area contributed by atoms with Crippen LogP contribution in [0, 0.1) is 0 Å². The van der Waals surface area contributed by atoms with Gasteiger partial charge in [0.05, 0.1) is 29.9 Å². The highest BCUT2D eigenvalue weighted by atomic mass is 16.5. The fourth-order valence-electron chi connectivity index (χ4n) is 6.73. The normalized spacial score (nSPS) is 19.4. The van der Waals surface area contributed by atoms with E-state index in [0.717, 1.165) is 59.9 Å². The molecule has 9 nitrogen and oxygen atoms in total. The fourth-order valence-corrected chi connectivity index (χ4v) is 6.73. The number of esters is 1. The minimum absolute atomic E-state index is 0.102.